The smallest absolute Gasteiger partial charge is 0.241 e. The van der Waals surface area contributed by atoms with Gasteiger partial charge in [0.05, 0.1) is 0 Å². The summed E-state index contributed by atoms with van der Waals surface area (Å²) in [4.78, 5) is 12.0. The van der Waals surface area contributed by atoms with Crippen molar-refractivity contribution in [2.75, 3.05) is 12.3 Å². The predicted molar refractivity (Wildman–Crippen MR) is 80.0 cm³/mol. The number of nitrogen functional groups attached to an aromatic ring is 1. The quantitative estimate of drug-likeness (QED) is 0.837. The van der Waals surface area contributed by atoms with Crippen LogP contribution in [0.3, 0.4) is 0 Å². The molecule has 1 aliphatic carbocycles. The van der Waals surface area contributed by atoms with Crippen molar-refractivity contribution in [2.24, 2.45) is 11.3 Å². The lowest BCUT2D eigenvalue weighted by Gasteiger charge is -2.31. The molecule has 1 aliphatic rings. The molecule has 1 saturated carbocycles. The van der Waals surface area contributed by atoms with Gasteiger partial charge in [-0.2, -0.15) is 5.10 Å². The Bertz CT molecular complexity index is 446. The first-order chi connectivity index (χ1) is 9.49. The van der Waals surface area contributed by atoms with Crippen LogP contribution >= 0.6 is 0 Å². The van der Waals surface area contributed by atoms with Crippen LogP contribution in [0.1, 0.15) is 46.0 Å². The summed E-state index contributed by atoms with van der Waals surface area (Å²) in [7, 11) is 0. The number of hydrogen-bond acceptors (Lipinski definition) is 3. The molecule has 0 aromatic carbocycles. The molecule has 1 aromatic heterocycles. The van der Waals surface area contributed by atoms with Gasteiger partial charge in [0.15, 0.2) is 0 Å². The number of rotatable bonds is 6. The van der Waals surface area contributed by atoms with Gasteiger partial charge in [0, 0.05) is 12.7 Å². The molecule has 0 unspecified atom stereocenters. The Hall–Kier alpha value is -1.52. The third kappa shape index (κ3) is 3.99. The highest BCUT2D eigenvalue weighted by Gasteiger charge is 2.34. The third-order valence-corrected chi connectivity index (χ3v) is 4.13. The summed E-state index contributed by atoms with van der Waals surface area (Å²) < 4.78 is 1.58. The van der Waals surface area contributed by atoms with E-state index in [9.17, 15) is 4.79 Å². The number of carbonyl (C=O) groups excluding carboxylic acids is 1. The molecule has 3 N–H and O–H groups in total. The number of hydrogen-bond donors (Lipinski definition) is 2. The monoisotopic (exact) mass is 278 g/mol. The lowest BCUT2D eigenvalue weighted by molar-refractivity contribution is -0.122. The Morgan fingerprint density at radius 3 is 2.75 bits per heavy atom. The van der Waals surface area contributed by atoms with Crippen LogP contribution in [0.2, 0.25) is 0 Å². The Morgan fingerprint density at radius 1 is 1.50 bits per heavy atom. The van der Waals surface area contributed by atoms with Gasteiger partial charge in [-0.3, -0.25) is 9.48 Å². The number of aromatic nitrogens is 2. The number of carbonyl (C=O) groups is 1. The Labute approximate surface area is 120 Å². The largest absolute Gasteiger partial charge is 0.382 e. The van der Waals surface area contributed by atoms with E-state index in [-0.39, 0.29) is 12.5 Å². The zero-order valence-electron chi connectivity index (χ0n) is 12.6. The van der Waals surface area contributed by atoms with Crippen LogP contribution in [0.15, 0.2) is 12.3 Å². The van der Waals surface area contributed by atoms with Crippen molar-refractivity contribution in [2.45, 2.75) is 52.5 Å². The summed E-state index contributed by atoms with van der Waals surface area (Å²) in [6.07, 6.45) is 7.98. The summed E-state index contributed by atoms with van der Waals surface area (Å²) in [5, 5.41) is 7.12. The maximum Gasteiger partial charge on any atom is 0.241 e. The molecule has 0 radical (unpaired) electrons. The molecule has 2 rings (SSSR count). The van der Waals surface area contributed by atoms with E-state index < -0.39 is 0 Å². The van der Waals surface area contributed by atoms with Crippen LogP contribution < -0.4 is 11.1 Å². The van der Waals surface area contributed by atoms with Crippen LogP contribution in [-0.4, -0.2) is 22.2 Å². The van der Waals surface area contributed by atoms with Gasteiger partial charge in [0.1, 0.15) is 12.4 Å². The highest BCUT2D eigenvalue weighted by molar-refractivity contribution is 5.75. The second kappa shape index (κ2) is 6.29. The zero-order valence-corrected chi connectivity index (χ0v) is 12.6. The van der Waals surface area contributed by atoms with E-state index in [1.54, 1.807) is 16.9 Å². The van der Waals surface area contributed by atoms with Gasteiger partial charge in [-0.05, 0) is 36.7 Å². The van der Waals surface area contributed by atoms with Gasteiger partial charge in [0.25, 0.3) is 0 Å². The molecular weight excluding hydrogens is 252 g/mol. The van der Waals surface area contributed by atoms with Crippen LogP contribution in [0.25, 0.3) is 0 Å². The minimum absolute atomic E-state index is 0.0168. The molecule has 0 aliphatic heterocycles. The Morgan fingerprint density at radius 2 is 2.20 bits per heavy atom. The number of nitrogens with zero attached hydrogens (tertiary/aromatic N) is 2. The standard InChI is InChI=1S/C15H26N4O/c1-12(2)9-15(6-3-4-7-15)11-17-14(20)10-19-8-5-13(16)18-19/h5,8,12H,3-4,6-7,9-11H2,1-2H3,(H2,16,18)(H,17,20). The summed E-state index contributed by atoms with van der Waals surface area (Å²) in [6.45, 7) is 5.55. The maximum atomic E-state index is 12.0. The molecule has 1 amide bonds. The second-order valence-corrected chi connectivity index (χ2v) is 6.52. The second-order valence-electron chi connectivity index (χ2n) is 6.52. The van der Waals surface area contributed by atoms with E-state index in [1.165, 1.54) is 32.1 Å². The minimum atomic E-state index is 0.0168. The first-order valence-corrected chi connectivity index (χ1v) is 7.55. The van der Waals surface area contributed by atoms with E-state index in [0.29, 0.717) is 17.2 Å². The van der Waals surface area contributed by atoms with Crippen molar-refractivity contribution in [3.63, 3.8) is 0 Å². The molecular formula is C15H26N4O. The SMILES string of the molecule is CC(C)CC1(CNC(=O)Cn2ccc(N)n2)CCCC1. The fourth-order valence-corrected chi connectivity index (χ4v) is 3.40. The minimum Gasteiger partial charge on any atom is -0.382 e. The lowest BCUT2D eigenvalue weighted by atomic mass is 9.78. The van der Waals surface area contributed by atoms with Crippen molar-refractivity contribution in [3.05, 3.63) is 12.3 Å². The average Bonchev–Trinajstić information content (AvgIpc) is 2.96. The average molecular weight is 278 g/mol. The highest BCUT2D eigenvalue weighted by atomic mass is 16.2. The van der Waals surface area contributed by atoms with Crippen LogP contribution in [0, 0.1) is 11.3 Å². The molecule has 1 aromatic rings. The van der Waals surface area contributed by atoms with E-state index in [2.05, 4.69) is 24.3 Å². The predicted octanol–water partition coefficient (Wildman–Crippen LogP) is 2.19. The molecule has 0 atom stereocenters. The summed E-state index contributed by atoms with van der Waals surface area (Å²) in [6, 6.07) is 1.70. The number of anilines is 1. The molecule has 0 saturated heterocycles. The Kier molecular flexibility index (Phi) is 4.68. The summed E-state index contributed by atoms with van der Waals surface area (Å²) in [5.41, 5.74) is 5.85. The topological polar surface area (TPSA) is 72.9 Å². The molecule has 1 heterocycles. The van der Waals surface area contributed by atoms with Gasteiger partial charge >= 0.3 is 0 Å². The molecule has 5 heteroatoms. The number of amides is 1. The van der Waals surface area contributed by atoms with Crippen molar-refractivity contribution in [1.82, 2.24) is 15.1 Å². The van der Waals surface area contributed by atoms with Crippen LogP contribution in [0.5, 0.6) is 0 Å². The van der Waals surface area contributed by atoms with E-state index >= 15 is 0 Å². The van der Waals surface area contributed by atoms with Gasteiger partial charge in [-0.15, -0.1) is 0 Å². The normalized spacial score (nSPS) is 17.6. The van der Waals surface area contributed by atoms with Crippen molar-refractivity contribution >= 4 is 11.7 Å². The first kappa shape index (κ1) is 14.9. The fourth-order valence-electron chi connectivity index (χ4n) is 3.40. The number of nitrogens with two attached hydrogens (primary N) is 1. The molecule has 112 valence electrons. The zero-order chi connectivity index (χ0) is 14.6. The van der Waals surface area contributed by atoms with Crippen LogP contribution in [-0.2, 0) is 11.3 Å². The molecule has 5 nitrogen and oxygen atoms in total. The molecule has 0 bridgehead atoms. The maximum absolute atomic E-state index is 12.0. The summed E-state index contributed by atoms with van der Waals surface area (Å²) in [5.74, 6) is 1.14. The van der Waals surface area contributed by atoms with Gasteiger partial charge in [0.2, 0.25) is 5.91 Å². The summed E-state index contributed by atoms with van der Waals surface area (Å²) >= 11 is 0. The van der Waals surface area contributed by atoms with Crippen molar-refractivity contribution in [1.29, 1.82) is 0 Å². The van der Waals surface area contributed by atoms with E-state index in [0.717, 1.165) is 6.54 Å². The first-order valence-electron chi connectivity index (χ1n) is 7.55. The van der Waals surface area contributed by atoms with Gasteiger partial charge < -0.3 is 11.1 Å². The third-order valence-electron chi connectivity index (χ3n) is 4.13. The number of nitrogens with one attached hydrogen (secondary N) is 1. The lowest BCUT2D eigenvalue weighted by Crippen LogP contribution is -2.38. The molecule has 20 heavy (non-hydrogen) atoms. The van der Waals surface area contributed by atoms with Gasteiger partial charge in [-0.1, -0.05) is 26.7 Å². The highest BCUT2D eigenvalue weighted by Crippen LogP contribution is 2.42. The fraction of sp³-hybridized carbons (Fsp3) is 0.733. The van der Waals surface area contributed by atoms with Gasteiger partial charge in [-0.25, -0.2) is 0 Å². The van der Waals surface area contributed by atoms with Crippen molar-refractivity contribution < 1.29 is 4.79 Å². The Balaban J connectivity index is 1.84. The van der Waals surface area contributed by atoms with E-state index in [4.69, 9.17) is 5.73 Å². The van der Waals surface area contributed by atoms with Crippen LogP contribution in [0.4, 0.5) is 5.82 Å². The molecule has 0 spiro atoms. The molecule has 1 fully saturated rings. The van der Waals surface area contributed by atoms with Crippen molar-refractivity contribution in [3.8, 4) is 0 Å². The van der Waals surface area contributed by atoms with E-state index in [1.807, 2.05) is 0 Å².